The Morgan fingerprint density at radius 3 is 2.68 bits per heavy atom. The molecule has 0 atom stereocenters. The monoisotopic (exact) mass is 297 g/mol. The minimum absolute atomic E-state index is 0.166. The number of rotatable bonds is 3. The van der Waals surface area contributed by atoms with Gasteiger partial charge < -0.3 is 5.11 Å². The van der Waals surface area contributed by atoms with Crippen LogP contribution in [0.2, 0.25) is 5.02 Å². The van der Waals surface area contributed by atoms with Crippen molar-refractivity contribution >= 4 is 46.6 Å². The molecule has 19 heavy (non-hydrogen) atoms. The molecule has 0 saturated carbocycles. The van der Waals surface area contributed by atoms with Crippen LogP contribution in [0.3, 0.4) is 0 Å². The molecule has 0 aliphatic carbocycles. The SMILES string of the molecule is O=C(O)CN1C(=O)SC(=Cc2ccccc2Cl)C1=O. The van der Waals surface area contributed by atoms with Crippen molar-refractivity contribution in [2.75, 3.05) is 6.54 Å². The van der Waals surface area contributed by atoms with Crippen LogP contribution in [-0.2, 0) is 9.59 Å². The average molecular weight is 298 g/mol. The number of amides is 2. The first-order valence-corrected chi connectivity index (χ1v) is 6.40. The Balaban J connectivity index is 2.28. The Morgan fingerprint density at radius 2 is 2.05 bits per heavy atom. The first-order chi connectivity index (χ1) is 8.99. The van der Waals surface area contributed by atoms with E-state index < -0.39 is 23.7 Å². The summed E-state index contributed by atoms with van der Waals surface area (Å²) in [4.78, 5) is 34.8. The molecule has 7 heteroatoms. The van der Waals surface area contributed by atoms with Gasteiger partial charge in [-0.05, 0) is 29.5 Å². The highest BCUT2D eigenvalue weighted by atomic mass is 35.5. The number of hydrogen-bond donors (Lipinski definition) is 1. The Hall–Kier alpha value is -1.79. The summed E-state index contributed by atoms with van der Waals surface area (Å²) in [6.07, 6.45) is 1.48. The smallest absolute Gasteiger partial charge is 0.323 e. The number of carboxylic acid groups (broad SMARTS) is 1. The fourth-order valence-electron chi connectivity index (χ4n) is 1.50. The average Bonchev–Trinajstić information content (AvgIpc) is 2.60. The molecule has 0 spiro atoms. The molecule has 0 radical (unpaired) electrons. The molecule has 0 bridgehead atoms. The topological polar surface area (TPSA) is 74.7 Å². The Bertz CT molecular complexity index is 599. The van der Waals surface area contributed by atoms with E-state index in [1.807, 2.05) is 0 Å². The van der Waals surface area contributed by atoms with Crippen molar-refractivity contribution in [2.24, 2.45) is 0 Å². The van der Waals surface area contributed by atoms with Gasteiger partial charge in [-0.3, -0.25) is 19.3 Å². The zero-order valence-corrected chi connectivity index (χ0v) is 11.1. The van der Waals surface area contributed by atoms with Gasteiger partial charge in [-0.1, -0.05) is 29.8 Å². The molecule has 0 aromatic heterocycles. The fraction of sp³-hybridized carbons (Fsp3) is 0.0833. The third-order valence-corrected chi connectivity index (χ3v) is 3.61. The van der Waals surface area contributed by atoms with E-state index >= 15 is 0 Å². The summed E-state index contributed by atoms with van der Waals surface area (Å²) in [5.41, 5.74) is 0.602. The highest BCUT2D eigenvalue weighted by molar-refractivity contribution is 8.18. The molecule has 1 heterocycles. The first kappa shape index (κ1) is 13.6. The molecule has 1 fully saturated rings. The van der Waals surface area contributed by atoms with Gasteiger partial charge in [0.15, 0.2) is 0 Å². The van der Waals surface area contributed by atoms with Crippen LogP contribution in [0.15, 0.2) is 29.2 Å². The van der Waals surface area contributed by atoms with E-state index in [4.69, 9.17) is 16.7 Å². The molecule has 1 saturated heterocycles. The summed E-state index contributed by atoms with van der Waals surface area (Å²) in [7, 11) is 0. The maximum Gasteiger partial charge on any atom is 0.323 e. The number of carbonyl (C=O) groups is 3. The lowest BCUT2D eigenvalue weighted by Gasteiger charge is -2.07. The summed E-state index contributed by atoms with van der Waals surface area (Å²) < 4.78 is 0. The largest absolute Gasteiger partial charge is 0.480 e. The minimum atomic E-state index is -1.23. The molecular weight excluding hydrogens is 290 g/mol. The van der Waals surface area contributed by atoms with E-state index in [0.717, 1.165) is 0 Å². The van der Waals surface area contributed by atoms with Crippen LogP contribution in [0.25, 0.3) is 6.08 Å². The van der Waals surface area contributed by atoms with Crippen molar-refractivity contribution in [2.45, 2.75) is 0 Å². The number of benzene rings is 1. The maximum atomic E-state index is 11.9. The van der Waals surface area contributed by atoms with Crippen molar-refractivity contribution in [3.63, 3.8) is 0 Å². The number of thioether (sulfide) groups is 1. The van der Waals surface area contributed by atoms with E-state index in [-0.39, 0.29) is 4.91 Å². The second-order valence-electron chi connectivity index (χ2n) is 3.68. The second-order valence-corrected chi connectivity index (χ2v) is 5.08. The third kappa shape index (κ3) is 2.97. The Morgan fingerprint density at radius 1 is 1.37 bits per heavy atom. The van der Waals surface area contributed by atoms with Gasteiger partial charge in [-0.2, -0.15) is 0 Å². The number of imide groups is 1. The van der Waals surface area contributed by atoms with Crippen molar-refractivity contribution < 1.29 is 19.5 Å². The minimum Gasteiger partial charge on any atom is -0.480 e. The molecule has 1 aliphatic rings. The van der Waals surface area contributed by atoms with Gasteiger partial charge in [-0.25, -0.2) is 0 Å². The number of carboxylic acids is 1. The maximum absolute atomic E-state index is 11.9. The molecular formula is C12H8ClNO4S. The van der Waals surface area contributed by atoms with Crippen LogP contribution < -0.4 is 0 Å². The van der Waals surface area contributed by atoms with Crippen molar-refractivity contribution in [1.29, 1.82) is 0 Å². The molecule has 2 amide bonds. The number of carbonyl (C=O) groups excluding carboxylic acids is 2. The van der Waals surface area contributed by atoms with E-state index in [2.05, 4.69) is 0 Å². The molecule has 5 nitrogen and oxygen atoms in total. The van der Waals surface area contributed by atoms with Crippen molar-refractivity contribution in [3.05, 3.63) is 39.8 Å². The first-order valence-electron chi connectivity index (χ1n) is 5.20. The van der Waals surface area contributed by atoms with Gasteiger partial charge in [0.05, 0.1) is 4.91 Å². The van der Waals surface area contributed by atoms with Gasteiger partial charge in [0.2, 0.25) is 0 Å². The van der Waals surface area contributed by atoms with Crippen LogP contribution in [0.5, 0.6) is 0 Å². The lowest BCUT2D eigenvalue weighted by atomic mass is 10.2. The van der Waals surface area contributed by atoms with Crippen LogP contribution in [0, 0.1) is 0 Å². The van der Waals surface area contributed by atoms with Crippen molar-refractivity contribution in [3.8, 4) is 0 Å². The summed E-state index contributed by atoms with van der Waals surface area (Å²) in [6.45, 7) is -0.634. The van der Waals surface area contributed by atoms with E-state index in [1.165, 1.54) is 6.08 Å². The lowest BCUT2D eigenvalue weighted by Crippen LogP contribution is -2.33. The lowest BCUT2D eigenvalue weighted by molar-refractivity contribution is -0.140. The quantitative estimate of drug-likeness (QED) is 0.867. The Kier molecular flexibility index (Phi) is 3.92. The highest BCUT2D eigenvalue weighted by Crippen LogP contribution is 2.33. The molecule has 2 rings (SSSR count). The molecule has 1 aliphatic heterocycles. The number of aliphatic carboxylic acids is 1. The summed E-state index contributed by atoms with van der Waals surface area (Å²) >= 11 is 6.65. The second kappa shape index (κ2) is 5.46. The van der Waals surface area contributed by atoms with Crippen molar-refractivity contribution in [1.82, 2.24) is 4.90 Å². The number of hydrogen-bond acceptors (Lipinski definition) is 4. The highest BCUT2D eigenvalue weighted by Gasteiger charge is 2.36. The van der Waals surface area contributed by atoms with Gasteiger partial charge in [0, 0.05) is 5.02 Å². The number of halogens is 1. The zero-order valence-electron chi connectivity index (χ0n) is 9.50. The van der Waals surface area contributed by atoms with Crippen LogP contribution >= 0.6 is 23.4 Å². The third-order valence-electron chi connectivity index (χ3n) is 2.36. The van der Waals surface area contributed by atoms with Gasteiger partial charge in [0.1, 0.15) is 6.54 Å². The van der Waals surface area contributed by atoms with E-state index in [0.29, 0.717) is 27.2 Å². The van der Waals surface area contributed by atoms with Crippen LogP contribution in [0.4, 0.5) is 4.79 Å². The van der Waals surface area contributed by atoms with Crippen LogP contribution in [-0.4, -0.2) is 33.7 Å². The van der Waals surface area contributed by atoms with Gasteiger partial charge >= 0.3 is 5.97 Å². The normalized spacial score (nSPS) is 17.3. The Labute approximate surface area is 117 Å². The molecule has 1 N–H and O–H groups in total. The van der Waals surface area contributed by atoms with E-state index in [9.17, 15) is 14.4 Å². The molecule has 1 aromatic rings. The fourth-order valence-corrected chi connectivity index (χ4v) is 2.52. The molecule has 98 valence electrons. The summed E-state index contributed by atoms with van der Waals surface area (Å²) in [5, 5.41) is 8.49. The van der Waals surface area contributed by atoms with Crippen LogP contribution in [0.1, 0.15) is 5.56 Å². The zero-order chi connectivity index (χ0) is 14.0. The summed E-state index contributed by atoms with van der Waals surface area (Å²) in [5.74, 6) is -1.85. The van der Waals surface area contributed by atoms with Gasteiger partial charge in [0.25, 0.3) is 11.1 Å². The standard InChI is InChI=1S/C12H8ClNO4S/c13-8-4-2-1-3-7(8)5-9-11(17)14(6-10(15)16)12(18)19-9/h1-5H,6H2,(H,15,16). The molecule has 0 unspecified atom stereocenters. The molecule has 1 aromatic carbocycles. The predicted molar refractivity (Wildman–Crippen MR) is 71.8 cm³/mol. The van der Waals surface area contributed by atoms with Gasteiger partial charge in [-0.15, -0.1) is 0 Å². The number of nitrogens with zero attached hydrogens (tertiary/aromatic N) is 1. The predicted octanol–water partition coefficient (Wildman–Crippen LogP) is 2.46. The van der Waals surface area contributed by atoms with E-state index in [1.54, 1.807) is 24.3 Å². The summed E-state index contributed by atoms with van der Waals surface area (Å²) in [6, 6.07) is 6.86.